The molecule has 0 bridgehead atoms. The molecule has 0 N–H and O–H groups in total. The Hall–Kier alpha value is -1.54. The molecule has 4 heteroatoms. The molecule has 0 saturated carbocycles. The van der Waals surface area contributed by atoms with E-state index < -0.39 is 34.4 Å². The number of rotatable bonds is 1. The molecule has 0 atom stereocenters. The first-order valence-electron chi connectivity index (χ1n) is 3.69. The van der Waals surface area contributed by atoms with E-state index in [1.54, 1.807) is 0 Å². The Morgan fingerprint density at radius 1 is 1.00 bits per heavy atom. The molecule has 0 amide bonds. The average molecular weight is 202 g/mol. The maximum atomic E-state index is 13.0. The van der Waals surface area contributed by atoms with Gasteiger partial charge >= 0.3 is 0 Å². The highest BCUT2D eigenvalue weighted by Gasteiger charge is 2.20. The van der Waals surface area contributed by atoms with Gasteiger partial charge in [-0.1, -0.05) is 6.58 Å². The lowest BCUT2D eigenvalue weighted by Gasteiger charge is -2.05. The van der Waals surface area contributed by atoms with Crippen molar-refractivity contribution in [1.29, 1.82) is 0 Å². The van der Waals surface area contributed by atoms with Crippen molar-refractivity contribution >= 4 is 6.08 Å². The molecule has 0 heterocycles. The van der Waals surface area contributed by atoms with Crippen molar-refractivity contribution in [2.75, 3.05) is 0 Å². The van der Waals surface area contributed by atoms with E-state index in [9.17, 15) is 17.6 Å². The van der Waals surface area contributed by atoms with Crippen LogP contribution in [0.1, 0.15) is 11.1 Å². The fourth-order valence-electron chi connectivity index (χ4n) is 0.987. The molecule has 1 aromatic rings. The van der Waals surface area contributed by atoms with Gasteiger partial charge < -0.3 is 0 Å². The lowest BCUT2D eigenvalue weighted by molar-refractivity contribution is 0.442. The quantitative estimate of drug-likeness (QED) is 0.372. The van der Waals surface area contributed by atoms with Crippen LogP contribution in [-0.2, 0) is 0 Å². The molecule has 0 fully saturated rings. The van der Waals surface area contributed by atoms with Gasteiger partial charge in [0, 0.05) is 5.56 Å². The van der Waals surface area contributed by atoms with Gasteiger partial charge in [-0.15, -0.1) is 5.73 Å². The Balaban J connectivity index is 3.67. The Morgan fingerprint density at radius 2 is 1.43 bits per heavy atom. The predicted molar refractivity (Wildman–Crippen MR) is 44.6 cm³/mol. The van der Waals surface area contributed by atoms with E-state index in [4.69, 9.17) is 0 Å². The lowest BCUT2D eigenvalue weighted by Crippen LogP contribution is -2.02. The zero-order chi connectivity index (χ0) is 10.9. The first-order chi connectivity index (χ1) is 6.50. The third-order valence-electron chi connectivity index (χ3n) is 1.76. The summed E-state index contributed by atoms with van der Waals surface area (Å²) in [7, 11) is 0. The molecule has 0 radical (unpaired) electrons. The van der Waals surface area contributed by atoms with E-state index in [0.29, 0.717) is 0 Å². The fraction of sp³-hybridized carbons (Fsp3) is 0.100. The first-order valence-corrected chi connectivity index (χ1v) is 3.69. The summed E-state index contributed by atoms with van der Waals surface area (Å²) >= 11 is 0. The van der Waals surface area contributed by atoms with Crippen molar-refractivity contribution in [2.45, 2.75) is 6.92 Å². The molecule has 0 spiro atoms. The summed E-state index contributed by atoms with van der Waals surface area (Å²) in [5.41, 5.74) is 0.567. The topological polar surface area (TPSA) is 0 Å². The van der Waals surface area contributed by atoms with Crippen LogP contribution in [-0.4, -0.2) is 0 Å². The number of benzene rings is 1. The van der Waals surface area contributed by atoms with Crippen LogP contribution in [0, 0.1) is 30.2 Å². The SMILES string of the molecule is C=C=Cc1c(F)c(F)c(C)c(F)c1F. The molecule has 0 aliphatic rings. The van der Waals surface area contributed by atoms with Crippen molar-refractivity contribution in [3.8, 4) is 0 Å². The van der Waals surface area contributed by atoms with Gasteiger partial charge in [0.15, 0.2) is 23.3 Å². The van der Waals surface area contributed by atoms with Crippen molar-refractivity contribution < 1.29 is 17.6 Å². The van der Waals surface area contributed by atoms with E-state index in [1.165, 1.54) is 0 Å². The summed E-state index contributed by atoms with van der Waals surface area (Å²) in [5, 5.41) is 0. The monoisotopic (exact) mass is 202 g/mol. The summed E-state index contributed by atoms with van der Waals surface area (Å²) in [5.74, 6) is -5.66. The highest BCUT2D eigenvalue weighted by atomic mass is 19.2. The van der Waals surface area contributed by atoms with Gasteiger partial charge in [0.25, 0.3) is 0 Å². The van der Waals surface area contributed by atoms with Crippen LogP contribution in [0.15, 0.2) is 12.3 Å². The highest BCUT2D eigenvalue weighted by Crippen LogP contribution is 2.23. The standard InChI is InChI=1S/C10H6F4/c1-3-4-6-9(13)7(11)5(2)8(12)10(6)14/h4H,1H2,2H3. The molecule has 0 aliphatic carbocycles. The minimum atomic E-state index is -1.43. The molecule has 1 aromatic carbocycles. The van der Waals surface area contributed by atoms with Gasteiger partial charge in [-0.05, 0) is 13.0 Å². The summed E-state index contributed by atoms with van der Waals surface area (Å²) in [4.78, 5) is 0. The molecule has 0 aliphatic heterocycles. The normalized spacial score (nSPS) is 9.79. The Morgan fingerprint density at radius 3 is 1.79 bits per heavy atom. The Bertz CT molecular complexity index is 399. The minimum absolute atomic E-state index is 0.679. The van der Waals surface area contributed by atoms with E-state index >= 15 is 0 Å². The molecule has 0 unspecified atom stereocenters. The van der Waals surface area contributed by atoms with Gasteiger partial charge in [0.05, 0.1) is 5.56 Å². The van der Waals surface area contributed by atoms with Gasteiger partial charge in [0.1, 0.15) is 0 Å². The maximum Gasteiger partial charge on any atom is 0.170 e. The van der Waals surface area contributed by atoms with Crippen LogP contribution in [0.3, 0.4) is 0 Å². The van der Waals surface area contributed by atoms with E-state index in [1.807, 2.05) is 0 Å². The molecule has 0 saturated heterocycles. The third kappa shape index (κ3) is 1.44. The van der Waals surface area contributed by atoms with E-state index in [0.717, 1.165) is 13.0 Å². The summed E-state index contributed by atoms with van der Waals surface area (Å²) in [6, 6.07) is 0. The fourth-order valence-corrected chi connectivity index (χ4v) is 0.987. The molecule has 14 heavy (non-hydrogen) atoms. The maximum absolute atomic E-state index is 13.0. The van der Waals surface area contributed by atoms with Gasteiger partial charge in [-0.3, -0.25) is 0 Å². The highest BCUT2D eigenvalue weighted by molar-refractivity contribution is 5.51. The van der Waals surface area contributed by atoms with Crippen LogP contribution in [0.2, 0.25) is 0 Å². The molecule has 1 rings (SSSR count). The largest absolute Gasteiger partial charge is 0.203 e. The predicted octanol–water partition coefficient (Wildman–Crippen LogP) is 3.35. The second-order valence-corrected chi connectivity index (χ2v) is 2.64. The molecular formula is C10H6F4. The smallest absolute Gasteiger partial charge is 0.170 e. The molecular weight excluding hydrogens is 196 g/mol. The summed E-state index contributed by atoms with van der Waals surface area (Å²) in [6.07, 6.45) is 0.746. The summed E-state index contributed by atoms with van der Waals surface area (Å²) < 4.78 is 51.8. The van der Waals surface area contributed by atoms with Crippen LogP contribution < -0.4 is 0 Å². The van der Waals surface area contributed by atoms with E-state index in [-0.39, 0.29) is 0 Å². The zero-order valence-corrected chi connectivity index (χ0v) is 7.30. The van der Waals surface area contributed by atoms with Gasteiger partial charge in [-0.25, -0.2) is 17.6 Å². The molecule has 74 valence electrons. The van der Waals surface area contributed by atoms with Crippen LogP contribution in [0.25, 0.3) is 6.08 Å². The Labute approximate surface area is 78.2 Å². The average Bonchev–Trinajstić information content (AvgIpc) is 2.19. The number of halogens is 4. The van der Waals surface area contributed by atoms with E-state index in [2.05, 4.69) is 12.3 Å². The van der Waals surface area contributed by atoms with Gasteiger partial charge in [-0.2, -0.15) is 0 Å². The lowest BCUT2D eigenvalue weighted by atomic mass is 10.1. The van der Waals surface area contributed by atoms with Crippen LogP contribution >= 0.6 is 0 Å². The van der Waals surface area contributed by atoms with Crippen molar-refractivity contribution in [3.05, 3.63) is 46.7 Å². The van der Waals surface area contributed by atoms with Crippen molar-refractivity contribution in [1.82, 2.24) is 0 Å². The van der Waals surface area contributed by atoms with Crippen molar-refractivity contribution in [3.63, 3.8) is 0 Å². The molecule has 0 nitrogen and oxygen atoms in total. The minimum Gasteiger partial charge on any atom is -0.203 e. The van der Waals surface area contributed by atoms with Crippen molar-refractivity contribution in [2.24, 2.45) is 0 Å². The summed E-state index contributed by atoms with van der Waals surface area (Å²) in [6.45, 7) is 4.02. The van der Waals surface area contributed by atoms with Crippen LogP contribution in [0.5, 0.6) is 0 Å². The Kier molecular flexibility index (Phi) is 2.77. The second-order valence-electron chi connectivity index (χ2n) is 2.64. The first kappa shape index (κ1) is 10.5. The third-order valence-corrected chi connectivity index (χ3v) is 1.76. The number of hydrogen-bond acceptors (Lipinski definition) is 0. The number of hydrogen-bond donors (Lipinski definition) is 0. The molecule has 0 aromatic heterocycles. The second kappa shape index (κ2) is 3.68. The van der Waals surface area contributed by atoms with Crippen LogP contribution in [0.4, 0.5) is 17.6 Å². The van der Waals surface area contributed by atoms with Gasteiger partial charge in [0.2, 0.25) is 0 Å². The zero-order valence-electron chi connectivity index (χ0n) is 7.30.